The number of fused-ring (bicyclic) bond motifs is 2. The Morgan fingerprint density at radius 3 is 1.39 bits per heavy atom. The second kappa shape index (κ2) is 21.8. The van der Waals surface area contributed by atoms with Crippen molar-refractivity contribution in [1.82, 2.24) is 29.3 Å². The Kier molecular flexibility index (Phi) is 15.8. The van der Waals surface area contributed by atoms with Gasteiger partial charge in [-0.3, -0.25) is 23.6 Å². The lowest BCUT2D eigenvalue weighted by Crippen LogP contribution is -2.32. The predicted octanol–water partition coefficient (Wildman–Crippen LogP) is 10.7. The van der Waals surface area contributed by atoms with Crippen LogP contribution in [0.25, 0.3) is 38.3 Å². The van der Waals surface area contributed by atoms with Gasteiger partial charge in [0.2, 0.25) is 0 Å². The SMILES string of the molecule is COc1cc(-n2cnc3cc(C4CCNCC4)ccc32)cc(OC)c1C(=O)CCC(F)(F)F.[C-]#[N+]CN1CCC(c2ccc3c(c2)ncn3-c2cc(OC)c(C(=O)CCC(F)(F)F)c(OC)c2)CC1. The van der Waals surface area contributed by atoms with Gasteiger partial charge in [-0.15, -0.1) is 0 Å². The Bertz CT molecular complexity index is 2770. The number of ketones is 2. The van der Waals surface area contributed by atoms with Crippen LogP contribution in [0, 0.1) is 6.57 Å². The largest absolute Gasteiger partial charge is 0.496 e. The Labute approximate surface area is 395 Å². The van der Waals surface area contributed by atoms with Gasteiger partial charge in [-0.25, -0.2) is 21.4 Å². The maximum absolute atomic E-state index is 12.7. The summed E-state index contributed by atoms with van der Waals surface area (Å²) in [6.07, 6.45) is -5.15. The highest BCUT2D eigenvalue weighted by molar-refractivity contribution is 6.02. The molecular formula is C50H53F6N7O6. The molecule has 69 heavy (non-hydrogen) atoms. The first-order chi connectivity index (χ1) is 33.0. The van der Waals surface area contributed by atoms with Crippen LogP contribution in [0.1, 0.15) is 95.0 Å². The van der Waals surface area contributed by atoms with E-state index in [1.165, 1.54) is 39.6 Å². The number of hydrogen-bond acceptors (Lipinski definition) is 10. The highest BCUT2D eigenvalue weighted by atomic mass is 19.4. The molecule has 2 saturated heterocycles. The van der Waals surface area contributed by atoms with Gasteiger partial charge in [0.25, 0.3) is 6.67 Å². The van der Waals surface area contributed by atoms with Crippen LogP contribution >= 0.6 is 0 Å². The number of benzene rings is 4. The third kappa shape index (κ3) is 12.0. The van der Waals surface area contributed by atoms with Gasteiger partial charge in [0, 0.05) is 50.2 Å². The number of halogens is 6. The highest BCUT2D eigenvalue weighted by Crippen LogP contribution is 2.39. The lowest BCUT2D eigenvalue weighted by atomic mass is 9.89. The molecule has 0 atom stereocenters. The van der Waals surface area contributed by atoms with E-state index >= 15 is 0 Å². The number of ether oxygens (including phenoxy) is 4. The van der Waals surface area contributed by atoms with Crippen LogP contribution < -0.4 is 24.3 Å². The van der Waals surface area contributed by atoms with E-state index in [9.17, 15) is 35.9 Å². The number of alkyl halides is 6. The fraction of sp³-hybridized carbons (Fsp3) is 0.420. The average Bonchev–Trinajstić information content (AvgIpc) is 3.98. The molecular weight excluding hydrogens is 909 g/mol. The van der Waals surface area contributed by atoms with Crippen molar-refractivity contribution in [3.63, 3.8) is 0 Å². The van der Waals surface area contributed by atoms with Gasteiger partial charge < -0.3 is 24.3 Å². The number of carbonyl (C=O) groups is 2. The van der Waals surface area contributed by atoms with E-state index in [2.05, 4.69) is 49.3 Å². The molecule has 2 aromatic heterocycles. The molecule has 0 radical (unpaired) electrons. The molecule has 2 fully saturated rings. The minimum absolute atomic E-state index is 0.00520. The number of methoxy groups -OCH3 is 4. The summed E-state index contributed by atoms with van der Waals surface area (Å²) < 4.78 is 101. The molecule has 0 unspecified atom stereocenters. The summed E-state index contributed by atoms with van der Waals surface area (Å²) in [5.74, 6) is 0.119. The minimum Gasteiger partial charge on any atom is -0.496 e. The van der Waals surface area contributed by atoms with E-state index in [-0.39, 0.29) is 34.1 Å². The topological polar surface area (TPSA) is 126 Å². The zero-order chi connectivity index (χ0) is 49.5. The molecule has 0 aliphatic carbocycles. The predicted molar refractivity (Wildman–Crippen MR) is 247 cm³/mol. The molecule has 4 aromatic carbocycles. The van der Waals surface area contributed by atoms with Crippen LogP contribution in [0.5, 0.6) is 23.0 Å². The van der Waals surface area contributed by atoms with Crippen molar-refractivity contribution < 1.29 is 54.9 Å². The summed E-state index contributed by atoms with van der Waals surface area (Å²) in [6.45, 7) is 11.3. The smallest absolute Gasteiger partial charge is 0.389 e. The van der Waals surface area contributed by atoms with Crippen LogP contribution in [-0.4, -0.2) is 109 Å². The van der Waals surface area contributed by atoms with Gasteiger partial charge in [-0.05, 0) is 86.0 Å². The zero-order valence-corrected chi connectivity index (χ0v) is 38.7. The number of carbonyl (C=O) groups excluding carboxylic acids is 2. The van der Waals surface area contributed by atoms with E-state index in [0.29, 0.717) is 29.9 Å². The molecule has 0 spiro atoms. The Balaban J connectivity index is 0.000000205. The van der Waals surface area contributed by atoms with Gasteiger partial charge in [0.05, 0.1) is 74.7 Å². The molecule has 366 valence electrons. The standard InChI is InChI=1S/C26H27F3N4O3.C24H26F3N3O3/c1-30-15-32-10-7-17(8-11-32)18-4-5-21-20(12-18)31-16-33(21)19-13-23(35-2)25(24(14-19)36-3)22(34)6-9-26(27,28)29;1-32-21-12-17(13-22(33-2)23(21)20(31)5-8-24(25,26)27)30-14-29-18-11-16(3-4-19(18)30)15-6-9-28-10-7-15/h4-5,12-14,16-17H,6-11,15H2,2-3H3;3-4,11-15,28H,5-10H2,1-2H3. The summed E-state index contributed by atoms with van der Waals surface area (Å²) in [7, 11) is 5.47. The Morgan fingerprint density at radius 2 is 1.03 bits per heavy atom. The number of piperidine rings is 2. The third-order valence-electron chi connectivity index (χ3n) is 12.6. The molecule has 0 bridgehead atoms. The Hall–Kier alpha value is -6.65. The van der Waals surface area contributed by atoms with E-state index in [1.54, 1.807) is 36.9 Å². The molecule has 1 N–H and O–H groups in total. The maximum atomic E-state index is 12.7. The molecule has 6 aromatic rings. The van der Waals surface area contributed by atoms with Crippen LogP contribution in [0.4, 0.5) is 26.3 Å². The lowest BCUT2D eigenvalue weighted by Gasteiger charge is -2.28. The molecule has 0 amide bonds. The van der Waals surface area contributed by atoms with Crippen molar-refractivity contribution in [2.75, 3.05) is 61.3 Å². The van der Waals surface area contributed by atoms with Crippen LogP contribution in [-0.2, 0) is 0 Å². The summed E-state index contributed by atoms with van der Waals surface area (Å²) in [5.41, 5.74) is 7.05. The minimum atomic E-state index is -4.43. The lowest BCUT2D eigenvalue weighted by molar-refractivity contribution is -0.134. The monoisotopic (exact) mass is 961 g/mol. The van der Waals surface area contributed by atoms with Crippen LogP contribution in [0.2, 0.25) is 0 Å². The molecule has 0 saturated carbocycles. The van der Waals surface area contributed by atoms with Crippen molar-refractivity contribution in [3.8, 4) is 34.4 Å². The molecule has 2 aliphatic rings. The van der Waals surface area contributed by atoms with Crippen molar-refractivity contribution in [3.05, 3.63) is 107 Å². The molecule has 4 heterocycles. The van der Waals surface area contributed by atoms with Crippen molar-refractivity contribution >= 4 is 33.6 Å². The molecule has 8 rings (SSSR count). The maximum Gasteiger partial charge on any atom is 0.389 e. The summed E-state index contributed by atoms with van der Waals surface area (Å²) >= 11 is 0. The van der Waals surface area contributed by atoms with Crippen LogP contribution in [0.15, 0.2) is 73.3 Å². The molecule has 19 heteroatoms. The van der Waals surface area contributed by atoms with E-state index < -0.39 is 49.6 Å². The van der Waals surface area contributed by atoms with Crippen molar-refractivity contribution in [2.45, 2.75) is 75.6 Å². The number of Topliss-reactive ketones (excluding diaryl/α,β-unsaturated/α-hetero) is 2. The summed E-state index contributed by atoms with van der Waals surface area (Å²) in [5, 5.41) is 3.37. The first-order valence-electron chi connectivity index (χ1n) is 22.5. The van der Waals surface area contributed by atoms with Gasteiger partial charge in [0.15, 0.2) is 11.6 Å². The fourth-order valence-electron chi connectivity index (χ4n) is 9.03. The first-order valence-corrected chi connectivity index (χ1v) is 22.5. The second-order valence-corrected chi connectivity index (χ2v) is 17.0. The zero-order valence-electron chi connectivity index (χ0n) is 38.7. The number of nitrogens with one attached hydrogen (secondary N) is 1. The number of nitrogens with zero attached hydrogens (tertiary/aromatic N) is 6. The first kappa shape index (κ1) is 50.2. The van der Waals surface area contributed by atoms with Gasteiger partial charge in [0.1, 0.15) is 46.8 Å². The highest BCUT2D eigenvalue weighted by Gasteiger charge is 2.32. The van der Waals surface area contributed by atoms with E-state index in [4.69, 9.17) is 25.5 Å². The molecule has 2 aliphatic heterocycles. The third-order valence-corrected chi connectivity index (χ3v) is 12.6. The average molecular weight is 962 g/mol. The van der Waals surface area contributed by atoms with E-state index in [0.717, 1.165) is 73.9 Å². The fourth-order valence-corrected chi connectivity index (χ4v) is 9.03. The van der Waals surface area contributed by atoms with Crippen LogP contribution in [0.3, 0.4) is 0 Å². The number of hydrogen-bond donors (Lipinski definition) is 1. The number of aromatic nitrogens is 4. The quantitative estimate of drug-likeness (QED) is 0.0604. The summed E-state index contributed by atoms with van der Waals surface area (Å²) in [4.78, 5) is 39.9. The van der Waals surface area contributed by atoms with Crippen molar-refractivity contribution in [2.24, 2.45) is 0 Å². The van der Waals surface area contributed by atoms with Crippen molar-refractivity contribution in [1.29, 1.82) is 0 Å². The van der Waals surface area contributed by atoms with E-state index in [1.807, 2.05) is 21.3 Å². The number of rotatable bonds is 15. The normalized spacial score (nSPS) is 15.1. The second-order valence-electron chi connectivity index (χ2n) is 17.0. The number of likely N-dealkylation sites (tertiary alicyclic amines) is 1. The molecule has 13 nitrogen and oxygen atoms in total. The summed E-state index contributed by atoms with van der Waals surface area (Å²) in [6, 6.07) is 18.8. The van der Waals surface area contributed by atoms with Gasteiger partial charge in [-0.2, -0.15) is 26.3 Å². The van der Waals surface area contributed by atoms with Gasteiger partial charge in [-0.1, -0.05) is 12.1 Å². The number of imidazole rings is 2. The Morgan fingerprint density at radius 1 is 0.638 bits per heavy atom. The van der Waals surface area contributed by atoms with Gasteiger partial charge >= 0.3 is 12.4 Å².